The molecule has 1 atom stereocenters. The number of rotatable bonds is 4. The first kappa shape index (κ1) is 13.1. The molecule has 0 spiro atoms. The Hall–Kier alpha value is -1.98. The van der Waals surface area contributed by atoms with E-state index >= 15 is 0 Å². The summed E-state index contributed by atoms with van der Waals surface area (Å²) >= 11 is 0. The summed E-state index contributed by atoms with van der Waals surface area (Å²) in [5.74, 6) is -4.38. The third kappa shape index (κ3) is 2.99. The van der Waals surface area contributed by atoms with Gasteiger partial charge in [0.05, 0.1) is 0 Å². The average molecular weight is 243 g/mol. The number of hydrogen-bond donors (Lipinski definition) is 2. The summed E-state index contributed by atoms with van der Waals surface area (Å²) in [5, 5.41) is 10.8. The first-order valence-electron chi connectivity index (χ1n) is 4.95. The minimum atomic E-state index is -1.25. The number of carboxylic acids is 1. The second-order valence-electron chi connectivity index (χ2n) is 3.37. The molecular weight excluding hydrogens is 232 g/mol. The van der Waals surface area contributed by atoms with Gasteiger partial charge in [-0.3, -0.25) is 4.79 Å². The maximum atomic E-state index is 13.2. The highest BCUT2D eigenvalue weighted by molar-refractivity contribution is 5.97. The number of carbonyl (C=O) groups excluding carboxylic acids is 1. The standard InChI is InChI=1S/C11H11F2NO3/c1-2-8(11(16)17)14-10(15)9-6(12)4-3-5-7(9)13/h3-5,8H,2H2,1H3,(H,14,15)(H,16,17)/t8-/m1/s1. The van der Waals surface area contributed by atoms with E-state index < -0.39 is 35.1 Å². The van der Waals surface area contributed by atoms with E-state index in [2.05, 4.69) is 0 Å². The Morgan fingerprint density at radius 2 is 1.88 bits per heavy atom. The van der Waals surface area contributed by atoms with E-state index in [0.29, 0.717) is 0 Å². The minimum absolute atomic E-state index is 0.122. The van der Waals surface area contributed by atoms with Crippen LogP contribution < -0.4 is 5.32 Å². The van der Waals surface area contributed by atoms with E-state index in [9.17, 15) is 18.4 Å². The van der Waals surface area contributed by atoms with Crippen LogP contribution in [0.2, 0.25) is 0 Å². The molecule has 0 saturated carbocycles. The molecule has 1 rings (SSSR count). The molecule has 0 aromatic heterocycles. The summed E-state index contributed by atoms with van der Waals surface area (Å²) < 4.78 is 26.4. The summed E-state index contributed by atoms with van der Waals surface area (Å²) in [4.78, 5) is 22.2. The fraction of sp³-hybridized carbons (Fsp3) is 0.273. The van der Waals surface area contributed by atoms with Gasteiger partial charge in [-0.2, -0.15) is 0 Å². The van der Waals surface area contributed by atoms with Crippen LogP contribution in [0, 0.1) is 11.6 Å². The molecule has 0 unspecified atom stereocenters. The van der Waals surface area contributed by atoms with Crippen molar-refractivity contribution in [2.24, 2.45) is 0 Å². The number of aliphatic carboxylic acids is 1. The smallest absolute Gasteiger partial charge is 0.326 e. The molecule has 0 aliphatic rings. The first-order chi connectivity index (χ1) is 7.97. The molecule has 0 radical (unpaired) electrons. The second kappa shape index (κ2) is 5.38. The van der Waals surface area contributed by atoms with Crippen molar-refractivity contribution in [3.63, 3.8) is 0 Å². The van der Waals surface area contributed by atoms with Gasteiger partial charge in [0.15, 0.2) is 0 Å². The molecule has 0 saturated heterocycles. The molecule has 0 bridgehead atoms. The summed E-state index contributed by atoms with van der Waals surface area (Å²) in [5.41, 5.74) is -0.771. The van der Waals surface area contributed by atoms with Gasteiger partial charge in [0.2, 0.25) is 0 Å². The Morgan fingerprint density at radius 3 is 2.29 bits per heavy atom. The SMILES string of the molecule is CC[C@@H](NC(=O)c1c(F)cccc1F)C(=O)O. The fourth-order valence-corrected chi connectivity index (χ4v) is 1.28. The van der Waals surface area contributed by atoms with Gasteiger partial charge in [-0.15, -0.1) is 0 Å². The Labute approximate surface area is 96.3 Å². The van der Waals surface area contributed by atoms with E-state index in [1.54, 1.807) is 0 Å². The number of carbonyl (C=O) groups is 2. The molecule has 0 fully saturated rings. The Bertz CT molecular complexity index is 428. The van der Waals surface area contributed by atoms with E-state index in [0.717, 1.165) is 18.2 Å². The van der Waals surface area contributed by atoms with Crippen LogP contribution in [0.15, 0.2) is 18.2 Å². The number of nitrogens with one attached hydrogen (secondary N) is 1. The van der Waals surface area contributed by atoms with Crippen LogP contribution in [0.5, 0.6) is 0 Å². The van der Waals surface area contributed by atoms with Crippen molar-refractivity contribution < 1.29 is 23.5 Å². The summed E-state index contributed by atoms with van der Waals surface area (Å²) in [6, 6.07) is 1.82. The van der Waals surface area contributed by atoms with Crippen LogP contribution in [0.4, 0.5) is 8.78 Å². The Morgan fingerprint density at radius 1 is 1.35 bits per heavy atom. The number of benzene rings is 1. The normalized spacial score (nSPS) is 11.9. The molecular formula is C11H11F2NO3. The van der Waals surface area contributed by atoms with E-state index in [1.807, 2.05) is 5.32 Å². The van der Waals surface area contributed by atoms with Crippen molar-refractivity contribution in [1.82, 2.24) is 5.32 Å². The zero-order chi connectivity index (χ0) is 13.0. The third-order valence-corrected chi connectivity index (χ3v) is 2.20. The van der Waals surface area contributed by atoms with Gasteiger partial charge in [0, 0.05) is 0 Å². The third-order valence-electron chi connectivity index (χ3n) is 2.20. The summed E-state index contributed by atoms with van der Waals surface area (Å²) in [6.07, 6.45) is 0.122. The number of halogens is 2. The maximum absolute atomic E-state index is 13.2. The largest absolute Gasteiger partial charge is 0.480 e. The molecule has 92 valence electrons. The zero-order valence-electron chi connectivity index (χ0n) is 9.04. The molecule has 2 N–H and O–H groups in total. The van der Waals surface area contributed by atoms with Crippen molar-refractivity contribution in [2.45, 2.75) is 19.4 Å². The minimum Gasteiger partial charge on any atom is -0.480 e. The fourth-order valence-electron chi connectivity index (χ4n) is 1.28. The van der Waals surface area contributed by atoms with Gasteiger partial charge >= 0.3 is 5.97 Å². The van der Waals surface area contributed by atoms with Crippen molar-refractivity contribution in [1.29, 1.82) is 0 Å². The van der Waals surface area contributed by atoms with Crippen LogP contribution in [0.1, 0.15) is 23.7 Å². The quantitative estimate of drug-likeness (QED) is 0.843. The van der Waals surface area contributed by atoms with Crippen LogP contribution >= 0.6 is 0 Å². The number of hydrogen-bond acceptors (Lipinski definition) is 2. The van der Waals surface area contributed by atoms with Crippen molar-refractivity contribution in [3.8, 4) is 0 Å². The maximum Gasteiger partial charge on any atom is 0.326 e. The van der Waals surface area contributed by atoms with Crippen LogP contribution in [0.3, 0.4) is 0 Å². The Balaban J connectivity index is 2.94. The van der Waals surface area contributed by atoms with E-state index in [-0.39, 0.29) is 6.42 Å². The molecule has 0 heterocycles. The van der Waals surface area contributed by atoms with E-state index in [4.69, 9.17) is 5.11 Å². The topological polar surface area (TPSA) is 66.4 Å². The number of amides is 1. The molecule has 0 aliphatic heterocycles. The molecule has 0 aliphatic carbocycles. The van der Waals surface area contributed by atoms with E-state index in [1.165, 1.54) is 6.92 Å². The van der Waals surface area contributed by atoms with Gasteiger partial charge in [-0.1, -0.05) is 13.0 Å². The monoisotopic (exact) mass is 243 g/mol. The predicted molar refractivity (Wildman–Crippen MR) is 55.5 cm³/mol. The van der Waals surface area contributed by atoms with Crippen molar-refractivity contribution in [2.75, 3.05) is 0 Å². The van der Waals surface area contributed by atoms with Gasteiger partial charge in [-0.25, -0.2) is 13.6 Å². The molecule has 6 heteroatoms. The highest BCUT2D eigenvalue weighted by Crippen LogP contribution is 2.12. The van der Waals surface area contributed by atoms with Crippen LogP contribution in [0.25, 0.3) is 0 Å². The lowest BCUT2D eigenvalue weighted by Gasteiger charge is -2.12. The first-order valence-corrected chi connectivity index (χ1v) is 4.95. The van der Waals surface area contributed by atoms with Gasteiger partial charge in [0.1, 0.15) is 23.2 Å². The zero-order valence-corrected chi connectivity index (χ0v) is 9.04. The van der Waals surface area contributed by atoms with Gasteiger partial charge in [-0.05, 0) is 18.6 Å². The van der Waals surface area contributed by atoms with Crippen molar-refractivity contribution in [3.05, 3.63) is 35.4 Å². The molecule has 1 amide bonds. The lowest BCUT2D eigenvalue weighted by atomic mass is 10.1. The highest BCUT2D eigenvalue weighted by atomic mass is 19.1. The summed E-state index contributed by atoms with van der Waals surface area (Å²) in [6.45, 7) is 1.54. The van der Waals surface area contributed by atoms with Crippen LogP contribution in [-0.2, 0) is 4.79 Å². The molecule has 4 nitrogen and oxygen atoms in total. The highest BCUT2D eigenvalue weighted by Gasteiger charge is 2.22. The molecule has 1 aromatic carbocycles. The number of carboxylic acid groups (broad SMARTS) is 1. The summed E-state index contributed by atoms with van der Waals surface area (Å²) in [7, 11) is 0. The lowest BCUT2D eigenvalue weighted by Crippen LogP contribution is -2.40. The lowest BCUT2D eigenvalue weighted by molar-refractivity contribution is -0.139. The second-order valence-corrected chi connectivity index (χ2v) is 3.37. The van der Waals surface area contributed by atoms with Gasteiger partial charge in [0.25, 0.3) is 5.91 Å². The van der Waals surface area contributed by atoms with Crippen LogP contribution in [-0.4, -0.2) is 23.0 Å². The predicted octanol–water partition coefficient (Wildman–Crippen LogP) is 1.56. The molecule has 17 heavy (non-hydrogen) atoms. The van der Waals surface area contributed by atoms with Crippen molar-refractivity contribution >= 4 is 11.9 Å². The molecule has 1 aromatic rings. The van der Waals surface area contributed by atoms with Gasteiger partial charge < -0.3 is 10.4 Å². The average Bonchev–Trinajstić information content (AvgIpc) is 2.25. The Kier molecular flexibility index (Phi) is 4.14.